The molecule has 0 unspecified atom stereocenters. The van der Waals surface area contributed by atoms with E-state index in [-0.39, 0.29) is 13.0 Å². The summed E-state index contributed by atoms with van der Waals surface area (Å²) in [6.45, 7) is 10.0. The van der Waals surface area contributed by atoms with Gasteiger partial charge in [-0.3, -0.25) is 4.79 Å². The van der Waals surface area contributed by atoms with Crippen molar-refractivity contribution < 1.29 is 23.1 Å². The molecule has 0 spiro atoms. The van der Waals surface area contributed by atoms with Crippen LogP contribution in [0.25, 0.3) is 0 Å². The number of alkyl halides is 2. The summed E-state index contributed by atoms with van der Waals surface area (Å²) in [6.07, 6.45) is -2.68. The Bertz CT molecular complexity index is 379. The van der Waals surface area contributed by atoms with Crippen molar-refractivity contribution in [3.8, 4) is 0 Å². The van der Waals surface area contributed by atoms with Crippen LogP contribution in [0.4, 0.5) is 13.6 Å². The van der Waals surface area contributed by atoms with Crippen LogP contribution in [0.1, 0.15) is 54.4 Å². The molecule has 0 aliphatic rings. The van der Waals surface area contributed by atoms with Crippen molar-refractivity contribution in [1.82, 2.24) is 10.2 Å². The molecule has 0 aromatic rings. The Labute approximate surface area is 131 Å². The highest BCUT2D eigenvalue weighted by atomic mass is 19.3. The van der Waals surface area contributed by atoms with Gasteiger partial charge in [-0.2, -0.15) is 0 Å². The van der Waals surface area contributed by atoms with Gasteiger partial charge >= 0.3 is 6.09 Å². The van der Waals surface area contributed by atoms with Crippen molar-refractivity contribution in [1.29, 1.82) is 0 Å². The molecule has 130 valence electrons. The Morgan fingerprint density at radius 3 is 2.14 bits per heavy atom. The van der Waals surface area contributed by atoms with Crippen LogP contribution >= 0.6 is 0 Å². The average molecular weight is 322 g/mol. The molecule has 0 aliphatic carbocycles. The van der Waals surface area contributed by atoms with Crippen molar-refractivity contribution >= 4 is 12.0 Å². The van der Waals surface area contributed by atoms with Crippen LogP contribution in [0.3, 0.4) is 0 Å². The van der Waals surface area contributed by atoms with Gasteiger partial charge in [0.05, 0.1) is 6.54 Å². The summed E-state index contributed by atoms with van der Waals surface area (Å²) in [5.74, 6) is -0.414. The standard InChI is InChI=1S/C15H28F2N2O3/c1-7-8-19(10-11(16)17)12(20)9-15(5,6)18-13(21)22-14(2,3)4/h11H,7-10H2,1-6H3,(H,18,21). The van der Waals surface area contributed by atoms with Gasteiger partial charge in [0.25, 0.3) is 6.43 Å². The molecule has 2 amide bonds. The van der Waals surface area contributed by atoms with E-state index in [1.165, 1.54) is 0 Å². The molecule has 5 nitrogen and oxygen atoms in total. The fraction of sp³-hybridized carbons (Fsp3) is 0.867. The van der Waals surface area contributed by atoms with Gasteiger partial charge in [-0.1, -0.05) is 6.92 Å². The predicted octanol–water partition coefficient (Wildman–Crippen LogP) is 3.18. The van der Waals surface area contributed by atoms with Gasteiger partial charge in [-0.25, -0.2) is 13.6 Å². The SMILES string of the molecule is CCCN(CC(F)F)C(=O)CC(C)(C)NC(=O)OC(C)(C)C. The van der Waals surface area contributed by atoms with E-state index < -0.39 is 36.1 Å². The van der Waals surface area contributed by atoms with E-state index >= 15 is 0 Å². The minimum Gasteiger partial charge on any atom is -0.444 e. The Morgan fingerprint density at radius 1 is 1.18 bits per heavy atom. The highest BCUT2D eigenvalue weighted by Crippen LogP contribution is 2.14. The zero-order chi connectivity index (χ0) is 17.6. The lowest BCUT2D eigenvalue weighted by Crippen LogP contribution is -2.49. The molecule has 0 radical (unpaired) electrons. The monoisotopic (exact) mass is 322 g/mol. The summed E-state index contributed by atoms with van der Waals surface area (Å²) >= 11 is 0. The van der Waals surface area contributed by atoms with E-state index in [4.69, 9.17) is 4.74 Å². The Hall–Kier alpha value is -1.40. The molecule has 0 saturated carbocycles. The number of carbonyl (C=O) groups excluding carboxylic acids is 2. The fourth-order valence-corrected chi connectivity index (χ4v) is 1.87. The number of nitrogens with zero attached hydrogens (tertiary/aromatic N) is 1. The second kappa shape index (κ2) is 8.29. The number of carbonyl (C=O) groups is 2. The number of halogens is 2. The molecule has 1 N–H and O–H groups in total. The summed E-state index contributed by atoms with van der Waals surface area (Å²) in [5.41, 5.74) is -1.53. The second-order valence-corrected chi connectivity index (χ2v) is 6.92. The van der Waals surface area contributed by atoms with Gasteiger partial charge in [-0.15, -0.1) is 0 Å². The summed E-state index contributed by atoms with van der Waals surface area (Å²) in [5, 5.41) is 2.60. The molecule has 0 fully saturated rings. The van der Waals surface area contributed by atoms with Crippen molar-refractivity contribution in [3.05, 3.63) is 0 Å². The van der Waals surface area contributed by atoms with E-state index in [9.17, 15) is 18.4 Å². The first kappa shape index (κ1) is 20.6. The average Bonchev–Trinajstić information content (AvgIpc) is 2.22. The topological polar surface area (TPSA) is 58.6 Å². The van der Waals surface area contributed by atoms with Crippen LogP contribution in [0, 0.1) is 0 Å². The largest absolute Gasteiger partial charge is 0.444 e. The zero-order valence-corrected chi connectivity index (χ0v) is 14.3. The third-order valence-corrected chi connectivity index (χ3v) is 2.64. The number of hydrogen-bond acceptors (Lipinski definition) is 3. The van der Waals surface area contributed by atoms with E-state index in [2.05, 4.69) is 5.32 Å². The molecular weight excluding hydrogens is 294 g/mol. The van der Waals surface area contributed by atoms with E-state index in [1.54, 1.807) is 34.6 Å². The Kier molecular flexibility index (Phi) is 7.76. The quantitative estimate of drug-likeness (QED) is 0.783. The molecule has 7 heteroatoms. The first-order valence-electron chi connectivity index (χ1n) is 7.43. The van der Waals surface area contributed by atoms with E-state index in [0.29, 0.717) is 6.42 Å². The van der Waals surface area contributed by atoms with Gasteiger partial charge in [0.15, 0.2) is 0 Å². The number of ether oxygens (including phenoxy) is 1. The maximum Gasteiger partial charge on any atom is 0.408 e. The summed E-state index contributed by atoms with van der Waals surface area (Å²) in [4.78, 5) is 25.0. The Balaban J connectivity index is 4.66. The van der Waals surface area contributed by atoms with Crippen molar-refractivity contribution in [2.75, 3.05) is 13.1 Å². The maximum absolute atomic E-state index is 12.5. The van der Waals surface area contributed by atoms with Crippen molar-refractivity contribution in [3.63, 3.8) is 0 Å². The second-order valence-electron chi connectivity index (χ2n) is 6.92. The van der Waals surface area contributed by atoms with Gasteiger partial charge in [0.1, 0.15) is 5.60 Å². The molecule has 0 saturated heterocycles. The summed E-state index contributed by atoms with van der Waals surface area (Å²) in [7, 11) is 0. The van der Waals surface area contributed by atoms with Crippen LogP contribution in [0.2, 0.25) is 0 Å². The molecular formula is C15H28F2N2O3. The van der Waals surface area contributed by atoms with Crippen LogP contribution < -0.4 is 5.32 Å². The molecule has 0 bridgehead atoms. The van der Waals surface area contributed by atoms with Crippen LogP contribution in [0.5, 0.6) is 0 Å². The minimum atomic E-state index is -2.57. The summed E-state index contributed by atoms with van der Waals surface area (Å²) < 4.78 is 30.2. The minimum absolute atomic E-state index is 0.0705. The smallest absolute Gasteiger partial charge is 0.408 e. The number of hydrogen-bond donors (Lipinski definition) is 1. The van der Waals surface area contributed by atoms with Gasteiger partial charge in [-0.05, 0) is 41.0 Å². The van der Waals surface area contributed by atoms with Gasteiger partial charge in [0, 0.05) is 18.5 Å². The first-order chi connectivity index (χ1) is 9.86. The predicted molar refractivity (Wildman–Crippen MR) is 80.9 cm³/mol. The fourth-order valence-electron chi connectivity index (χ4n) is 1.87. The number of rotatable bonds is 7. The van der Waals surface area contributed by atoms with Crippen molar-refractivity contribution in [2.45, 2.75) is 71.9 Å². The third kappa shape index (κ3) is 9.52. The number of amides is 2. The molecule has 0 aromatic carbocycles. The number of nitrogens with one attached hydrogen (secondary N) is 1. The van der Waals surface area contributed by atoms with E-state index in [0.717, 1.165) is 4.90 Å². The lowest BCUT2D eigenvalue weighted by Gasteiger charge is -2.30. The van der Waals surface area contributed by atoms with Crippen LogP contribution in [0.15, 0.2) is 0 Å². The molecule has 0 aromatic heterocycles. The van der Waals surface area contributed by atoms with Gasteiger partial charge in [0.2, 0.25) is 5.91 Å². The number of alkyl carbamates (subject to hydrolysis) is 1. The molecule has 0 heterocycles. The summed E-state index contributed by atoms with van der Waals surface area (Å²) in [6, 6.07) is 0. The molecule has 0 rings (SSSR count). The molecule has 0 atom stereocenters. The zero-order valence-electron chi connectivity index (χ0n) is 14.3. The molecule has 0 aliphatic heterocycles. The highest BCUT2D eigenvalue weighted by molar-refractivity contribution is 5.78. The van der Waals surface area contributed by atoms with Gasteiger partial charge < -0.3 is 15.0 Å². The van der Waals surface area contributed by atoms with Crippen molar-refractivity contribution in [2.24, 2.45) is 0 Å². The maximum atomic E-state index is 12.5. The molecule has 22 heavy (non-hydrogen) atoms. The highest BCUT2D eigenvalue weighted by Gasteiger charge is 2.29. The normalized spacial score (nSPS) is 12.2. The first-order valence-corrected chi connectivity index (χ1v) is 7.43. The Morgan fingerprint density at radius 2 is 1.73 bits per heavy atom. The lowest BCUT2D eigenvalue weighted by atomic mass is 10.00. The lowest BCUT2D eigenvalue weighted by molar-refractivity contribution is -0.134. The third-order valence-electron chi connectivity index (χ3n) is 2.64. The van der Waals surface area contributed by atoms with E-state index in [1.807, 2.05) is 6.92 Å². The van der Waals surface area contributed by atoms with Crippen LogP contribution in [-0.2, 0) is 9.53 Å². The van der Waals surface area contributed by atoms with Crippen LogP contribution in [-0.4, -0.2) is 47.6 Å².